The molecule has 1 amide bonds. The Bertz CT molecular complexity index is 862. The zero-order valence-electron chi connectivity index (χ0n) is 17.7. The van der Waals surface area contributed by atoms with Gasteiger partial charge in [0, 0.05) is 62.3 Å². The van der Waals surface area contributed by atoms with Crippen LogP contribution in [0.4, 0.5) is 11.6 Å². The molecule has 29 heavy (non-hydrogen) atoms. The largest absolute Gasteiger partial charge is 0.365 e. The summed E-state index contributed by atoms with van der Waals surface area (Å²) in [7, 11) is 0. The lowest BCUT2D eigenvalue weighted by molar-refractivity contribution is -0.137. The highest BCUT2D eigenvalue weighted by atomic mass is 16.2. The van der Waals surface area contributed by atoms with Crippen molar-refractivity contribution in [2.24, 2.45) is 5.92 Å². The second-order valence-electron chi connectivity index (χ2n) is 8.43. The number of anilines is 2. The van der Waals surface area contributed by atoms with E-state index in [-0.39, 0.29) is 5.92 Å². The second-order valence-corrected chi connectivity index (χ2v) is 8.43. The van der Waals surface area contributed by atoms with Crippen LogP contribution in [0.1, 0.15) is 31.0 Å². The summed E-state index contributed by atoms with van der Waals surface area (Å²) in [4.78, 5) is 28.8. The zero-order valence-corrected chi connectivity index (χ0v) is 17.7. The molecule has 154 valence electrons. The van der Waals surface area contributed by atoms with Gasteiger partial charge >= 0.3 is 0 Å². The van der Waals surface area contributed by atoms with Crippen LogP contribution in [0, 0.1) is 19.8 Å². The molecule has 1 aromatic heterocycles. The highest BCUT2D eigenvalue weighted by Gasteiger charge is 2.33. The molecule has 6 nitrogen and oxygen atoms in total. The number of hydrogen-bond acceptors (Lipinski definition) is 5. The molecular formula is C23H31N5O. The number of carbonyl (C=O) groups is 1. The zero-order chi connectivity index (χ0) is 20.4. The van der Waals surface area contributed by atoms with Crippen molar-refractivity contribution in [1.82, 2.24) is 14.9 Å². The van der Waals surface area contributed by atoms with E-state index in [0.29, 0.717) is 11.9 Å². The van der Waals surface area contributed by atoms with Crippen LogP contribution in [0.2, 0.25) is 0 Å². The Morgan fingerprint density at radius 3 is 2.55 bits per heavy atom. The number of aryl methyl sites for hydroxylation is 2. The van der Waals surface area contributed by atoms with E-state index in [1.54, 1.807) is 0 Å². The Kier molecular flexibility index (Phi) is 5.69. The molecule has 0 bridgehead atoms. The second kappa shape index (κ2) is 8.39. The van der Waals surface area contributed by atoms with Crippen LogP contribution < -0.4 is 9.80 Å². The standard InChI is InChI=1S/C23H31N5O/c1-17-5-4-6-21(15-17)28-14-13-27(16-19(28)3)22(29)20-8-11-26(12-9-20)23-24-10-7-18(2)25-23/h4-7,10,15,19-20H,8-9,11-14,16H2,1-3H3/t19-/m0/s1. The van der Waals surface area contributed by atoms with Crippen molar-refractivity contribution in [2.75, 3.05) is 42.5 Å². The Morgan fingerprint density at radius 1 is 1.07 bits per heavy atom. The van der Waals surface area contributed by atoms with Crippen LogP contribution >= 0.6 is 0 Å². The average Bonchev–Trinajstić information content (AvgIpc) is 2.73. The average molecular weight is 394 g/mol. The van der Waals surface area contributed by atoms with Gasteiger partial charge in [-0.2, -0.15) is 0 Å². The number of carbonyl (C=O) groups excluding carboxylic acids is 1. The molecule has 0 saturated carbocycles. The molecule has 2 aliphatic heterocycles. The number of hydrogen-bond donors (Lipinski definition) is 0. The third-order valence-electron chi connectivity index (χ3n) is 6.18. The van der Waals surface area contributed by atoms with Gasteiger partial charge in [-0.1, -0.05) is 12.1 Å². The van der Waals surface area contributed by atoms with Crippen molar-refractivity contribution >= 4 is 17.5 Å². The number of amides is 1. The third kappa shape index (κ3) is 4.36. The lowest BCUT2D eigenvalue weighted by atomic mass is 9.94. The first kappa shape index (κ1) is 19.7. The first-order valence-corrected chi connectivity index (χ1v) is 10.7. The van der Waals surface area contributed by atoms with Crippen molar-refractivity contribution < 1.29 is 4.79 Å². The molecule has 2 aromatic rings. The van der Waals surface area contributed by atoms with Gasteiger partial charge in [0.1, 0.15) is 0 Å². The molecule has 2 saturated heterocycles. The number of aromatic nitrogens is 2. The highest BCUT2D eigenvalue weighted by molar-refractivity contribution is 5.79. The minimum Gasteiger partial charge on any atom is -0.365 e. The van der Waals surface area contributed by atoms with Gasteiger partial charge in [-0.3, -0.25) is 4.79 Å². The molecule has 2 aliphatic rings. The van der Waals surface area contributed by atoms with Crippen molar-refractivity contribution in [3.8, 4) is 0 Å². The number of piperidine rings is 1. The molecule has 0 unspecified atom stereocenters. The molecule has 0 spiro atoms. The van der Waals surface area contributed by atoms with Crippen molar-refractivity contribution in [3.05, 3.63) is 47.8 Å². The molecule has 0 aliphatic carbocycles. The van der Waals surface area contributed by atoms with Crippen molar-refractivity contribution in [1.29, 1.82) is 0 Å². The first-order chi connectivity index (χ1) is 14.0. The van der Waals surface area contributed by atoms with Gasteiger partial charge in [0.2, 0.25) is 11.9 Å². The monoisotopic (exact) mass is 393 g/mol. The van der Waals surface area contributed by atoms with E-state index in [0.717, 1.165) is 57.2 Å². The van der Waals surface area contributed by atoms with E-state index in [4.69, 9.17) is 0 Å². The minimum absolute atomic E-state index is 0.119. The summed E-state index contributed by atoms with van der Waals surface area (Å²) in [6.07, 6.45) is 3.56. The summed E-state index contributed by atoms with van der Waals surface area (Å²) >= 11 is 0. The van der Waals surface area contributed by atoms with E-state index in [9.17, 15) is 4.79 Å². The fourth-order valence-corrected chi connectivity index (χ4v) is 4.52. The van der Waals surface area contributed by atoms with Gasteiger partial charge in [-0.15, -0.1) is 0 Å². The fraction of sp³-hybridized carbons (Fsp3) is 0.522. The molecule has 1 atom stereocenters. The van der Waals surface area contributed by atoms with Crippen molar-refractivity contribution in [2.45, 2.75) is 39.7 Å². The van der Waals surface area contributed by atoms with Gasteiger partial charge in [0.05, 0.1) is 0 Å². The Morgan fingerprint density at radius 2 is 1.86 bits per heavy atom. The van der Waals surface area contributed by atoms with Crippen LogP contribution in [-0.4, -0.2) is 59.5 Å². The van der Waals surface area contributed by atoms with E-state index in [1.165, 1.54) is 11.3 Å². The smallest absolute Gasteiger partial charge is 0.225 e. The van der Waals surface area contributed by atoms with Gasteiger partial charge < -0.3 is 14.7 Å². The summed E-state index contributed by atoms with van der Waals surface area (Å²) < 4.78 is 0. The van der Waals surface area contributed by atoms with Crippen LogP contribution in [0.15, 0.2) is 36.5 Å². The number of nitrogens with zero attached hydrogens (tertiary/aromatic N) is 5. The lowest BCUT2D eigenvalue weighted by Gasteiger charge is -2.43. The Balaban J connectivity index is 1.33. The molecule has 4 rings (SSSR count). The molecule has 0 radical (unpaired) electrons. The molecule has 0 N–H and O–H groups in total. The molecule has 2 fully saturated rings. The van der Waals surface area contributed by atoms with E-state index < -0.39 is 0 Å². The fourth-order valence-electron chi connectivity index (χ4n) is 4.52. The minimum atomic E-state index is 0.119. The number of rotatable bonds is 3. The Hall–Kier alpha value is -2.63. The maximum absolute atomic E-state index is 13.2. The molecule has 6 heteroatoms. The molecular weight excluding hydrogens is 362 g/mol. The van der Waals surface area contributed by atoms with Crippen LogP contribution in [0.3, 0.4) is 0 Å². The van der Waals surface area contributed by atoms with Crippen LogP contribution in [-0.2, 0) is 4.79 Å². The normalized spacial score (nSPS) is 20.8. The third-order valence-corrected chi connectivity index (χ3v) is 6.18. The first-order valence-electron chi connectivity index (χ1n) is 10.7. The lowest BCUT2D eigenvalue weighted by Crippen LogP contribution is -2.55. The summed E-state index contributed by atoms with van der Waals surface area (Å²) in [5, 5.41) is 0. The number of piperazine rings is 1. The molecule has 3 heterocycles. The maximum Gasteiger partial charge on any atom is 0.225 e. The summed E-state index contributed by atoms with van der Waals surface area (Å²) in [6, 6.07) is 10.9. The van der Waals surface area contributed by atoms with Crippen LogP contribution in [0.25, 0.3) is 0 Å². The topological polar surface area (TPSA) is 52.6 Å². The maximum atomic E-state index is 13.2. The van der Waals surface area contributed by atoms with Gasteiger partial charge in [-0.05, 0) is 57.4 Å². The Labute approximate surface area is 173 Å². The van der Waals surface area contributed by atoms with Gasteiger partial charge in [0.15, 0.2) is 0 Å². The van der Waals surface area contributed by atoms with Gasteiger partial charge in [0.25, 0.3) is 0 Å². The van der Waals surface area contributed by atoms with E-state index in [1.807, 2.05) is 19.2 Å². The predicted octanol–water partition coefficient (Wildman–Crippen LogP) is 3.05. The molecule has 1 aromatic carbocycles. The highest BCUT2D eigenvalue weighted by Crippen LogP contribution is 2.26. The quantitative estimate of drug-likeness (QED) is 0.802. The van der Waals surface area contributed by atoms with E-state index >= 15 is 0 Å². The SMILES string of the molecule is Cc1cccc(N2CCN(C(=O)C3CCN(c4nccc(C)n4)CC3)C[C@@H]2C)c1. The number of benzene rings is 1. The summed E-state index contributed by atoms with van der Waals surface area (Å²) in [6.45, 7) is 10.5. The van der Waals surface area contributed by atoms with Crippen molar-refractivity contribution in [3.63, 3.8) is 0 Å². The predicted molar refractivity (Wildman–Crippen MR) is 116 cm³/mol. The summed E-state index contributed by atoms with van der Waals surface area (Å²) in [5.41, 5.74) is 3.52. The van der Waals surface area contributed by atoms with Crippen LogP contribution in [0.5, 0.6) is 0 Å². The summed E-state index contributed by atoms with van der Waals surface area (Å²) in [5.74, 6) is 1.23. The van der Waals surface area contributed by atoms with E-state index in [2.05, 4.69) is 62.8 Å². The van der Waals surface area contributed by atoms with Gasteiger partial charge in [-0.25, -0.2) is 9.97 Å².